The van der Waals surface area contributed by atoms with Crippen molar-refractivity contribution in [3.63, 3.8) is 0 Å². The zero-order valence-electron chi connectivity index (χ0n) is 12.2. The summed E-state index contributed by atoms with van der Waals surface area (Å²) in [5, 5.41) is 13.5. The molecular formula is C14H17F3N2O4. The van der Waals surface area contributed by atoms with Gasteiger partial charge < -0.3 is 20.5 Å². The number of carboxylic acid groups (broad SMARTS) is 1. The van der Waals surface area contributed by atoms with Gasteiger partial charge >= 0.3 is 18.2 Å². The van der Waals surface area contributed by atoms with Gasteiger partial charge in [-0.15, -0.1) is 0 Å². The van der Waals surface area contributed by atoms with E-state index >= 15 is 0 Å². The van der Waals surface area contributed by atoms with Crippen molar-refractivity contribution in [3.05, 3.63) is 29.8 Å². The molecule has 0 aromatic heterocycles. The Labute approximate surface area is 130 Å². The van der Waals surface area contributed by atoms with E-state index in [9.17, 15) is 22.8 Å². The molecule has 128 valence electrons. The summed E-state index contributed by atoms with van der Waals surface area (Å²) in [6.07, 6.45) is -4.09. The van der Waals surface area contributed by atoms with Crippen LogP contribution >= 0.6 is 0 Å². The highest BCUT2D eigenvalue weighted by molar-refractivity contribution is 5.73. The molecule has 2 amide bonds. The van der Waals surface area contributed by atoms with Crippen LogP contribution in [-0.2, 0) is 11.3 Å². The lowest BCUT2D eigenvalue weighted by molar-refractivity contribution is -0.153. The van der Waals surface area contributed by atoms with Crippen molar-refractivity contribution in [2.24, 2.45) is 0 Å². The number of carbonyl (C=O) groups excluding carboxylic acids is 1. The first kappa shape index (κ1) is 18.6. The lowest BCUT2D eigenvalue weighted by Crippen LogP contribution is -2.35. The number of nitrogens with one attached hydrogen (secondary N) is 2. The number of halogens is 3. The number of urea groups is 1. The third-order valence-corrected chi connectivity index (χ3v) is 2.63. The molecule has 1 aromatic rings. The van der Waals surface area contributed by atoms with E-state index in [1.807, 2.05) is 0 Å². The van der Waals surface area contributed by atoms with Crippen LogP contribution in [0.2, 0.25) is 0 Å². The minimum atomic E-state index is -4.39. The molecule has 0 radical (unpaired) electrons. The second-order valence-corrected chi connectivity index (χ2v) is 4.65. The van der Waals surface area contributed by atoms with Crippen LogP contribution in [0.25, 0.3) is 0 Å². The number of ether oxygens (including phenoxy) is 1. The van der Waals surface area contributed by atoms with Gasteiger partial charge in [0.2, 0.25) is 0 Å². The molecule has 23 heavy (non-hydrogen) atoms. The fourth-order valence-corrected chi connectivity index (χ4v) is 1.56. The molecule has 6 nitrogen and oxygen atoms in total. The van der Waals surface area contributed by atoms with Crippen LogP contribution in [0.3, 0.4) is 0 Å². The first-order valence-electron chi connectivity index (χ1n) is 6.78. The van der Waals surface area contributed by atoms with Crippen LogP contribution < -0.4 is 15.4 Å². The van der Waals surface area contributed by atoms with E-state index in [1.165, 1.54) is 24.3 Å². The summed E-state index contributed by atoms with van der Waals surface area (Å²) in [6, 6.07) is 5.39. The summed E-state index contributed by atoms with van der Waals surface area (Å²) >= 11 is 0. The molecule has 1 aromatic carbocycles. The number of carboxylic acids is 1. The average Bonchev–Trinajstić information content (AvgIpc) is 2.47. The summed E-state index contributed by atoms with van der Waals surface area (Å²) in [6.45, 7) is -0.935. The smallest absolute Gasteiger partial charge is 0.422 e. The van der Waals surface area contributed by atoms with E-state index in [-0.39, 0.29) is 25.3 Å². The molecule has 3 N–H and O–H groups in total. The number of carbonyl (C=O) groups is 2. The van der Waals surface area contributed by atoms with Gasteiger partial charge in [0.15, 0.2) is 6.61 Å². The van der Waals surface area contributed by atoms with Crippen LogP contribution in [0.1, 0.15) is 18.4 Å². The second-order valence-electron chi connectivity index (χ2n) is 4.65. The third-order valence-electron chi connectivity index (χ3n) is 2.63. The minimum absolute atomic E-state index is 0.0281. The van der Waals surface area contributed by atoms with Crippen molar-refractivity contribution in [1.29, 1.82) is 0 Å². The van der Waals surface area contributed by atoms with E-state index in [1.54, 1.807) is 0 Å². The van der Waals surface area contributed by atoms with Crippen molar-refractivity contribution in [2.75, 3.05) is 13.2 Å². The summed E-state index contributed by atoms with van der Waals surface area (Å²) in [5.74, 6) is -0.843. The summed E-state index contributed by atoms with van der Waals surface area (Å²) in [5.41, 5.74) is 0.685. The molecule has 0 saturated carbocycles. The molecule has 0 aliphatic heterocycles. The summed E-state index contributed by atoms with van der Waals surface area (Å²) < 4.78 is 40.5. The first-order valence-corrected chi connectivity index (χ1v) is 6.78. The number of alkyl halides is 3. The Hall–Kier alpha value is -2.45. The monoisotopic (exact) mass is 334 g/mol. The number of benzene rings is 1. The largest absolute Gasteiger partial charge is 0.484 e. The SMILES string of the molecule is O=C(O)CCCNC(=O)NCc1ccc(OCC(F)(F)F)cc1. The predicted octanol–water partition coefficient (Wildman–Crippen LogP) is 2.29. The van der Waals surface area contributed by atoms with Crippen molar-refractivity contribution >= 4 is 12.0 Å². The van der Waals surface area contributed by atoms with E-state index < -0.39 is 24.8 Å². The van der Waals surface area contributed by atoms with Gasteiger partial charge in [0, 0.05) is 19.5 Å². The lowest BCUT2D eigenvalue weighted by Gasteiger charge is -2.10. The predicted molar refractivity (Wildman–Crippen MR) is 75.1 cm³/mol. The molecule has 0 spiro atoms. The second kappa shape index (κ2) is 8.86. The molecule has 0 heterocycles. The van der Waals surface area contributed by atoms with Crippen LogP contribution in [-0.4, -0.2) is 36.4 Å². The number of amides is 2. The van der Waals surface area contributed by atoms with Crippen LogP contribution in [0.15, 0.2) is 24.3 Å². The zero-order chi connectivity index (χ0) is 17.3. The van der Waals surface area contributed by atoms with Gasteiger partial charge in [-0.3, -0.25) is 4.79 Å². The van der Waals surface area contributed by atoms with E-state index in [2.05, 4.69) is 15.4 Å². The molecule has 0 atom stereocenters. The van der Waals surface area contributed by atoms with Crippen molar-refractivity contribution in [3.8, 4) is 5.75 Å². The number of rotatable bonds is 8. The topological polar surface area (TPSA) is 87.7 Å². The van der Waals surface area contributed by atoms with E-state index in [0.717, 1.165) is 0 Å². The summed E-state index contributed by atoms with van der Waals surface area (Å²) in [7, 11) is 0. The van der Waals surface area contributed by atoms with E-state index in [4.69, 9.17) is 5.11 Å². The van der Waals surface area contributed by atoms with Crippen molar-refractivity contribution in [1.82, 2.24) is 10.6 Å². The highest BCUT2D eigenvalue weighted by atomic mass is 19.4. The third kappa shape index (κ3) is 9.22. The van der Waals surface area contributed by atoms with Crippen molar-refractivity contribution < 1.29 is 32.6 Å². The summed E-state index contributed by atoms with van der Waals surface area (Å²) in [4.78, 5) is 21.7. The maximum atomic E-state index is 12.0. The lowest BCUT2D eigenvalue weighted by atomic mass is 10.2. The van der Waals surface area contributed by atoms with Gasteiger partial charge in [0.1, 0.15) is 5.75 Å². The number of hydrogen-bond acceptors (Lipinski definition) is 3. The van der Waals surface area contributed by atoms with E-state index in [0.29, 0.717) is 12.0 Å². The first-order chi connectivity index (χ1) is 10.8. The number of hydrogen-bond donors (Lipinski definition) is 3. The highest BCUT2D eigenvalue weighted by Crippen LogP contribution is 2.18. The number of aliphatic carboxylic acids is 1. The Bertz CT molecular complexity index is 518. The van der Waals surface area contributed by atoms with Gasteiger partial charge in [-0.1, -0.05) is 12.1 Å². The maximum absolute atomic E-state index is 12.0. The molecule has 0 bridgehead atoms. The van der Waals surface area contributed by atoms with Gasteiger partial charge in [-0.25, -0.2) is 4.79 Å². The molecule has 0 aliphatic carbocycles. The molecule has 0 saturated heterocycles. The average molecular weight is 334 g/mol. The minimum Gasteiger partial charge on any atom is -0.484 e. The van der Waals surface area contributed by atoms with Gasteiger partial charge in [-0.05, 0) is 24.1 Å². The van der Waals surface area contributed by atoms with Crippen LogP contribution in [0.4, 0.5) is 18.0 Å². The van der Waals surface area contributed by atoms with Gasteiger partial charge in [0.25, 0.3) is 0 Å². The Kier molecular flexibility index (Phi) is 7.17. The zero-order valence-corrected chi connectivity index (χ0v) is 12.2. The standard InChI is InChI=1S/C14H17F3N2O4/c15-14(16,17)9-23-11-5-3-10(4-6-11)8-19-13(22)18-7-1-2-12(20)21/h3-6H,1-2,7-9H2,(H,20,21)(H2,18,19,22). The van der Waals surface area contributed by atoms with Crippen molar-refractivity contribution in [2.45, 2.75) is 25.6 Å². The molecular weight excluding hydrogens is 317 g/mol. The van der Waals surface area contributed by atoms with Gasteiger partial charge in [0.05, 0.1) is 0 Å². The Balaban J connectivity index is 2.27. The van der Waals surface area contributed by atoms with Crippen LogP contribution in [0, 0.1) is 0 Å². The molecule has 0 unspecified atom stereocenters. The molecule has 0 aliphatic rings. The van der Waals surface area contributed by atoms with Crippen LogP contribution in [0.5, 0.6) is 5.75 Å². The Morgan fingerprint density at radius 3 is 2.35 bits per heavy atom. The van der Waals surface area contributed by atoms with Gasteiger partial charge in [-0.2, -0.15) is 13.2 Å². The fraction of sp³-hybridized carbons (Fsp3) is 0.429. The maximum Gasteiger partial charge on any atom is 0.422 e. The molecule has 1 rings (SSSR count). The molecule has 9 heteroatoms. The molecule has 0 fully saturated rings. The highest BCUT2D eigenvalue weighted by Gasteiger charge is 2.28. The Morgan fingerprint density at radius 2 is 1.78 bits per heavy atom. The normalized spacial score (nSPS) is 10.9. The Morgan fingerprint density at radius 1 is 1.13 bits per heavy atom. The quantitative estimate of drug-likeness (QED) is 0.637. The fourth-order valence-electron chi connectivity index (χ4n) is 1.56.